The number of rotatable bonds is 9. The summed E-state index contributed by atoms with van der Waals surface area (Å²) in [5, 5.41) is 0.645. The Morgan fingerprint density at radius 1 is 1.25 bits per heavy atom. The lowest BCUT2D eigenvalue weighted by Gasteiger charge is -2.37. The summed E-state index contributed by atoms with van der Waals surface area (Å²) in [4.78, 5) is 42.4. The van der Waals surface area contributed by atoms with Crippen LogP contribution in [0.25, 0.3) is 22.2 Å². The van der Waals surface area contributed by atoms with Crippen LogP contribution in [0.3, 0.4) is 0 Å². The largest absolute Gasteiger partial charge is 0.491 e. The number of aromatic nitrogens is 4. The third-order valence-electron chi connectivity index (χ3n) is 7.70. The highest BCUT2D eigenvalue weighted by Gasteiger charge is 2.28. The van der Waals surface area contributed by atoms with Crippen molar-refractivity contribution in [1.29, 1.82) is 0 Å². The van der Waals surface area contributed by atoms with Gasteiger partial charge in [-0.2, -0.15) is 0 Å². The molecule has 4 heterocycles. The summed E-state index contributed by atoms with van der Waals surface area (Å²) in [6, 6.07) is 11.9. The van der Waals surface area contributed by atoms with E-state index < -0.39 is 0 Å². The molecule has 4 aromatic rings. The number of nitrogens with zero attached hydrogens (tertiary/aromatic N) is 5. The molecule has 1 amide bonds. The molecule has 1 aromatic carbocycles. The number of carbonyl (C=O) groups is 1. The molecule has 208 valence electrons. The minimum Gasteiger partial charge on any atom is -0.491 e. The number of ether oxygens (including phenoxy) is 1. The zero-order valence-electron chi connectivity index (χ0n) is 23.3. The van der Waals surface area contributed by atoms with Crippen molar-refractivity contribution in [2.45, 2.75) is 51.8 Å². The van der Waals surface area contributed by atoms with Crippen molar-refractivity contribution in [3.8, 4) is 17.0 Å². The van der Waals surface area contributed by atoms with Crippen molar-refractivity contribution in [2.24, 2.45) is 0 Å². The average Bonchev–Trinajstić information content (AvgIpc) is 3.49. The topological polar surface area (TPSA) is 96.3 Å². The number of H-pyrrole nitrogens is 1. The number of allylic oxidation sites excluding steroid dienone is 1. The fraction of sp³-hybridized carbons (Fsp3) is 0.355. The number of amides is 1. The third kappa shape index (κ3) is 5.50. The molecule has 1 atom stereocenters. The summed E-state index contributed by atoms with van der Waals surface area (Å²) < 4.78 is 7.51. The van der Waals surface area contributed by atoms with E-state index in [1.54, 1.807) is 30.9 Å². The highest BCUT2D eigenvalue weighted by Crippen LogP contribution is 2.28. The van der Waals surface area contributed by atoms with Crippen LogP contribution in [0.2, 0.25) is 0 Å². The van der Waals surface area contributed by atoms with E-state index in [2.05, 4.69) is 40.3 Å². The third-order valence-corrected chi connectivity index (χ3v) is 7.70. The van der Waals surface area contributed by atoms with Crippen LogP contribution in [0, 0.1) is 0 Å². The second-order valence-corrected chi connectivity index (χ2v) is 10.3. The predicted octanol–water partition coefficient (Wildman–Crippen LogP) is 4.89. The van der Waals surface area contributed by atoms with Crippen molar-refractivity contribution in [3.63, 3.8) is 0 Å². The van der Waals surface area contributed by atoms with Gasteiger partial charge in [0.05, 0.1) is 17.4 Å². The number of carbonyl (C=O) groups excluding carboxylic acids is 1. The number of hydrogen-bond acceptors (Lipinski definition) is 6. The van der Waals surface area contributed by atoms with Crippen molar-refractivity contribution in [1.82, 2.24) is 24.4 Å². The molecule has 0 saturated carbocycles. The fourth-order valence-electron chi connectivity index (χ4n) is 5.20. The van der Waals surface area contributed by atoms with Crippen LogP contribution in [-0.4, -0.2) is 62.6 Å². The molecule has 0 radical (unpaired) electrons. The van der Waals surface area contributed by atoms with Gasteiger partial charge in [-0.05, 0) is 44.4 Å². The Hall–Kier alpha value is -4.40. The second kappa shape index (κ2) is 11.8. The van der Waals surface area contributed by atoms with Gasteiger partial charge in [-0.25, -0.2) is 9.97 Å². The first-order valence-corrected chi connectivity index (χ1v) is 13.8. The molecular formula is C31H36N6O3. The van der Waals surface area contributed by atoms with Crippen LogP contribution in [-0.2, 0) is 6.54 Å². The minimum absolute atomic E-state index is 0.0771. The number of pyridine rings is 1. The molecule has 3 aromatic heterocycles. The van der Waals surface area contributed by atoms with E-state index in [0.717, 1.165) is 55.2 Å². The normalized spacial score (nSPS) is 14.7. The number of fused-ring (bicyclic) bond motifs is 1. The Labute approximate surface area is 234 Å². The van der Waals surface area contributed by atoms with Gasteiger partial charge in [-0.1, -0.05) is 25.1 Å². The van der Waals surface area contributed by atoms with Gasteiger partial charge in [0.1, 0.15) is 23.4 Å². The van der Waals surface area contributed by atoms with Gasteiger partial charge in [0.15, 0.2) is 0 Å². The van der Waals surface area contributed by atoms with E-state index in [-0.39, 0.29) is 23.6 Å². The standard InChI is InChI=1S/C31H36N6O3/c1-5-14-37-19-26(25-10-13-32-29(25)31(37)39)30(38)35(4)23-11-15-36(16-12-23)28-18-27(33-20-34-28)22-8-7-9-24(17-22)40-21(3)6-2/h5,7-10,13,17-21,23,32H,1,6,11-12,14-16H2,2-4H3. The van der Waals surface area contributed by atoms with Gasteiger partial charge in [-0.3, -0.25) is 9.59 Å². The Balaban J connectivity index is 1.28. The highest BCUT2D eigenvalue weighted by atomic mass is 16.5. The SMILES string of the molecule is C=CCn1cc(C(=O)N(C)C2CCN(c3cc(-c4cccc(OC(C)CC)c4)ncn3)CC2)c2cc[nH]c2c1=O. The molecule has 9 nitrogen and oxygen atoms in total. The average molecular weight is 541 g/mol. The molecule has 0 aliphatic carbocycles. The molecule has 1 saturated heterocycles. The van der Waals surface area contributed by atoms with E-state index >= 15 is 0 Å². The quantitative estimate of drug-likeness (QED) is 0.304. The summed E-state index contributed by atoms with van der Waals surface area (Å²) in [7, 11) is 1.85. The molecular weight excluding hydrogens is 504 g/mol. The lowest BCUT2D eigenvalue weighted by atomic mass is 10.0. The number of piperidine rings is 1. The number of benzene rings is 1. The lowest BCUT2D eigenvalue weighted by Crippen LogP contribution is -2.46. The summed E-state index contributed by atoms with van der Waals surface area (Å²) in [6.07, 6.45) is 9.32. The summed E-state index contributed by atoms with van der Waals surface area (Å²) in [6.45, 7) is 9.78. The molecule has 1 aliphatic rings. The van der Waals surface area contributed by atoms with Gasteiger partial charge < -0.3 is 24.1 Å². The second-order valence-electron chi connectivity index (χ2n) is 10.3. The molecule has 0 bridgehead atoms. The van der Waals surface area contributed by atoms with E-state index in [1.807, 2.05) is 42.3 Å². The fourth-order valence-corrected chi connectivity index (χ4v) is 5.20. The number of aromatic amines is 1. The van der Waals surface area contributed by atoms with Crippen molar-refractivity contribution >= 4 is 22.6 Å². The molecule has 5 rings (SSSR count). The van der Waals surface area contributed by atoms with E-state index in [4.69, 9.17) is 4.74 Å². The van der Waals surface area contributed by atoms with Crippen LogP contribution in [0.5, 0.6) is 5.75 Å². The number of hydrogen-bond donors (Lipinski definition) is 1. The van der Waals surface area contributed by atoms with Crippen LogP contribution in [0.15, 0.2) is 72.6 Å². The van der Waals surface area contributed by atoms with Gasteiger partial charge in [0.25, 0.3) is 11.5 Å². The molecule has 9 heteroatoms. The van der Waals surface area contributed by atoms with Crippen molar-refractivity contribution < 1.29 is 9.53 Å². The Morgan fingerprint density at radius 2 is 2.05 bits per heavy atom. The van der Waals surface area contributed by atoms with Gasteiger partial charge in [-0.15, -0.1) is 6.58 Å². The van der Waals surface area contributed by atoms with E-state index in [9.17, 15) is 9.59 Å². The zero-order valence-corrected chi connectivity index (χ0v) is 23.3. The number of anilines is 1. The first-order chi connectivity index (χ1) is 19.4. The summed E-state index contributed by atoms with van der Waals surface area (Å²) in [5.41, 5.74) is 2.62. The molecule has 40 heavy (non-hydrogen) atoms. The van der Waals surface area contributed by atoms with E-state index in [0.29, 0.717) is 23.0 Å². The van der Waals surface area contributed by atoms with Crippen LogP contribution < -0.4 is 15.2 Å². The van der Waals surface area contributed by atoms with Gasteiger partial charge >= 0.3 is 0 Å². The monoisotopic (exact) mass is 540 g/mol. The Bertz CT molecular complexity index is 1570. The first-order valence-electron chi connectivity index (χ1n) is 13.8. The summed E-state index contributed by atoms with van der Waals surface area (Å²) in [5.74, 6) is 1.61. The molecule has 1 aliphatic heterocycles. The van der Waals surface area contributed by atoms with Crippen LogP contribution in [0.1, 0.15) is 43.5 Å². The van der Waals surface area contributed by atoms with E-state index in [1.165, 1.54) is 4.57 Å². The predicted molar refractivity (Wildman–Crippen MR) is 158 cm³/mol. The Kier molecular flexibility index (Phi) is 8.00. The maximum absolute atomic E-state index is 13.6. The van der Waals surface area contributed by atoms with Crippen LogP contribution in [0.4, 0.5) is 5.82 Å². The first kappa shape index (κ1) is 27.2. The molecule has 1 N–H and O–H groups in total. The molecule has 1 unspecified atom stereocenters. The Morgan fingerprint density at radius 3 is 2.80 bits per heavy atom. The molecule has 1 fully saturated rings. The van der Waals surface area contributed by atoms with Crippen LogP contribution >= 0.6 is 0 Å². The smallest absolute Gasteiger partial charge is 0.275 e. The van der Waals surface area contributed by atoms with Crippen molar-refractivity contribution in [3.05, 3.63) is 83.7 Å². The highest BCUT2D eigenvalue weighted by molar-refractivity contribution is 6.06. The maximum Gasteiger partial charge on any atom is 0.275 e. The van der Waals surface area contributed by atoms with Crippen molar-refractivity contribution in [2.75, 3.05) is 25.0 Å². The molecule has 0 spiro atoms. The minimum atomic E-state index is -0.161. The maximum atomic E-state index is 13.6. The van der Waals surface area contributed by atoms with Gasteiger partial charge in [0.2, 0.25) is 0 Å². The lowest BCUT2D eigenvalue weighted by molar-refractivity contribution is 0.0710. The number of nitrogens with one attached hydrogen (secondary N) is 1. The zero-order chi connectivity index (χ0) is 28.2. The van der Waals surface area contributed by atoms with Gasteiger partial charge in [0, 0.05) is 62.1 Å². The summed E-state index contributed by atoms with van der Waals surface area (Å²) >= 11 is 0.